The van der Waals surface area contributed by atoms with Crippen molar-refractivity contribution < 1.29 is 20.1 Å². The van der Waals surface area contributed by atoms with Crippen LogP contribution in [0.1, 0.15) is 27.2 Å². The van der Waals surface area contributed by atoms with Crippen LogP contribution in [0.3, 0.4) is 0 Å². The highest BCUT2D eigenvalue weighted by Crippen LogP contribution is 2.24. The Bertz CT molecular complexity index is 164. The maximum atomic E-state index is 10.6. The predicted octanol–water partition coefficient (Wildman–Crippen LogP) is 0.229. The van der Waals surface area contributed by atoms with Crippen LogP contribution in [-0.4, -0.2) is 33.5 Å². The van der Waals surface area contributed by atoms with Crippen LogP contribution >= 0.6 is 0 Å². The van der Waals surface area contributed by atoms with Gasteiger partial charge in [0.25, 0.3) is 0 Å². The molecule has 0 bridgehead atoms. The summed E-state index contributed by atoms with van der Waals surface area (Å²) >= 11 is 0. The first-order chi connectivity index (χ1) is 5.34. The molecule has 0 aromatic carbocycles. The van der Waals surface area contributed by atoms with E-state index in [1.54, 1.807) is 6.92 Å². The van der Waals surface area contributed by atoms with Gasteiger partial charge in [-0.25, -0.2) is 0 Å². The van der Waals surface area contributed by atoms with Crippen molar-refractivity contribution in [2.24, 2.45) is 5.41 Å². The zero-order chi connectivity index (χ0) is 9.94. The van der Waals surface area contributed by atoms with Gasteiger partial charge < -0.3 is 15.3 Å². The van der Waals surface area contributed by atoms with Crippen LogP contribution in [0.2, 0.25) is 0 Å². The molecule has 0 saturated heterocycles. The van der Waals surface area contributed by atoms with E-state index in [2.05, 4.69) is 0 Å². The van der Waals surface area contributed by atoms with Crippen LogP contribution in [0, 0.1) is 5.41 Å². The molecule has 3 N–H and O–H groups in total. The minimum Gasteiger partial charge on any atom is -0.481 e. The first-order valence-electron chi connectivity index (χ1n) is 3.93. The molecule has 12 heavy (non-hydrogen) atoms. The van der Waals surface area contributed by atoms with E-state index < -0.39 is 23.6 Å². The van der Waals surface area contributed by atoms with Gasteiger partial charge in [-0.05, 0) is 20.3 Å². The number of carboxylic acid groups (broad SMARTS) is 1. The maximum absolute atomic E-state index is 10.6. The van der Waals surface area contributed by atoms with E-state index in [1.165, 1.54) is 13.8 Å². The Balaban J connectivity index is 4.44. The van der Waals surface area contributed by atoms with E-state index in [0.29, 0.717) is 6.42 Å². The van der Waals surface area contributed by atoms with E-state index in [0.717, 1.165) is 0 Å². The van der Waals surface area contributed by atoms with Crippen molar-refractivity contribution in [1.82, 2.24) is 0 Å². The summed E-state index contributed by atoms with van der Waals surface area (Å²) in [6, 6.07) is 0. The lowest BCUT2D eigenvalue weighted by molar-refractivity contribution is -0.159. The molecule has 0 rings (SSSR count). The fourth-order valence-corrected chi connectivity index (χ4v) is 0.831. The number of rotatable bonds is 4. The average molecular weight is 176 g/mol. The van der Waals surface area contributed by atoms with Gasteiger partial charge in [-0.3, -0.25) is 4.79 Å². The molecule has 72 valence electrons. The van der Waals surface area contributed by atoms with E-state index in [-0.39, 0.29) is 0 Å². The minimum atomic E-state index is -1.30. The van der Waals surface area contributed by atoms with E-state index in [9.17, 15) is 15.0 Å². The average Bonchev–Trinajstić information content (AvgIpc) is 2.01. The van der Waals surface area contributed by atoms with Gasteiger partial charge in [-0.1, -0.05) is 6.92 Å². The summed E-state index contributed by atoms with van der Waals surface area (Å²) in [6.45, 7) is 4.46. The third-order valence-corrected chi connectivity index (χ3v) is 2.07. The van der Waals surface area contributed by atoms with Crippen LogP contribution < -0.4 is 0 Å². The number of hydrogen-bond acceptors (Lipinski definition) is 3. The molecule has 0 aromatic rings. The van der Waals surface area contributed by atoms with Crippen molar-refractivity contribution >= 4 is 5.97 Å². The molecule has 0 saturated carbocycles. The third kappa shape index (κ3) is 2.19. The molecule has 0 aliphatic rings. The smallest absolute Gasteiger partial charge is 0.311 e. The Morgan fingerprint density at radius 2 is 1.83 bits per heavy atom. The molecule has 2 unspecified atom stereocenters. The van der Waals surface area contributed by atoms with Crippen molar-refractivity contribution in [3.8, 4) is 0 Å². The van der Waals surface area contributed by atoms with Gasteiger partial charge in [-0.2, -0.15) is 0 Å². The number of aliphatic hydroxyl groups is 2. The summed E-state index contributed by atoms with van der Waals surface area (Å²) in [4.78, 5) is 10.6. The standard InChI is InChI=1S/C8H16O4/c1-4-5(9)6(10)8(2,3)7(11)12/h5-6,9-10H,4H2,1-3H3,(H,11,12). The summed E-state index contributed by atoms with van der Waals surface area (Å²) in [6.07, 6.45) is -1.85. The molecular weight excluding hydrogens is 160 g/mol. The predicted molar refractivity (Wildman–Crippen MR) is 43.7 cm³/mol. The van der Waals surface area contributed by atoms with Crippen molar-refractivity contribution in [2.45, 2.75) is 39.4 Å². The number of aliphatic carboxylic acids is 1. The number of carboxylic acids is 1. The van der Waals surface area contributed by atoms with Crippen LogP contribution in [0.4, 0.5) is 0 Å². The molecule has 2 atom stereocenters. The van der Waals surface area contributed by atoms with Crippen LogP contribution in [0.15, 0.2) is 0 Å². The topological polar surface area (TPSA) is 77.8 Å². The summed E-state index contributed by atoms with van der Waals surface area (Å²) in [5.41, 5.74) is -1.30. The van der Waals surface area contributed by atoms with Gasteiger partial charge in [0.15, 0.2) is 0 Å². The molecule has 0 radical (unpaired) electrons. The van der Waals surface area contributed by atoms with Gasteiger partial charge in [0.1, 0.15) is 0 Å². The van der Waals surface area contributed by atoms with Crippen molar-refractivity contribution in [3.05, 3.63) is 0 Å². The second-order valence-corrected chi connectivity index (χ2v) is 3.45. The summed E-state index contributed by atoms with van der Waals surface area (Å²) < 4.78 is 0. The van der Waals surface area contributed by atoms with Gasteiger partial charge in [0, 0.05) is 0 Å². The highest BCUT2D eigenvalue weighted by Gasteiger charge is 2.39. The van der Waals surface area contributed by atoms with Crippen LogP contribution in [0.25, 0.3) is 0 Å². The summed E-state index contributed by atoms with van der Waals surface area (Å²) in [7, 11) is 0. The molecule has 4 nitrogen and oxygen atoms in total. The van der Waals surface area contributed by atoms with Gasteiger partial charge in [-0.15, -0.1) is 0 Å². The Labute approximate surface area is 71.8 Å². The van der Waals surface area contributed by atoms with E-state index in [1.807, 2.05) is 0 Å². The van der Waals surface area contributed by atoms with Gasteiger partial charge >= 0.3 is 5.97 Å². The second kappa shape index (κ2) is 3.87. The van der Waals surface area contributed by atoms with Gasteiger partial charge in [0.2, 0.25) is 0 Å². The molecule has 0 aromatic heterocycles. The van der Waals surface area contributed by atoms with Crippen LogP contribution in [-0.2, 0) is 4.79 Å². The Morgan fingerprint density at radius 3 is 2.08 bits per heavy atom. The summed E-state index contributed by atoms with van der Waals surface area (Å²) in [5, 5.41) is 27.3. The fourth-order valence-electron chi connectivity index (χ4n) is 0.831. The first-order valence-corrected chi connectivity index (χ1v) is 3.93. The number of carbonyl (C=O) groups is 1. The number of aliphatic hydroxyl groups excluding tert-OH is 2. The van der Waals surface area contributed by atoms with E-state index >= 15 is 0 Å². The molecule has 0 aliphatic carbocycles. The SMILES string of the molecule is CCC(O)C(O)C(C)(C)C(=O)O. The first kappa shape index (κ1) is 11.4. The maximum Gasteiger partial charge on any atom is 0.311 e. The zero-order valence-electron chi connectivity index (χ0n) is 7.61. The molecule has 0 amide bonds. The molecule has 0 aliphatic heterocycles. The summed E-state index contributed by atoms with van der Waals surface area (Å²) in [5.74, 6) is -1.11. The molecule has 0 spiro atoms. The highest BCUT2D eigenvalue weighted by molar-refractivity contribution is 5.74. The molecule has 0 heterocycles. The third-order valence-electron chi connectivity index (χ3n) is 2.07. The Morgan fingerprint density at radius 1 is 1.42 bits per heavy atom. The molecule has 0 fully saturated rings. The monoisotopic (exact) mass is 176 g/mol. The van der Waals surface area contributed by atoms with Crippen molar-refractivity contribution in [1.29, 1.82) is 0 Å². The quantitative estimate of drug-likeness (QED) is 0.573. The van der Waals surface area contributed by atoms with Crippen molar-refractivity contribution in [2.75, 3.05) is 0 Å². The Hall–Kier alpha value is -0.610. The van der Waals surface area contributed by atoms with Crippen molar-refractivity contribution in [3.63, 3.8) is 0 Å². The molecular formula is C8H16O4. The largest absolute Gasteiger partial charge is 0.481 e. The lowest BCUT2D eigenvalue weighted by atomic mass is 9.83. The number of hydrogen-bond donors (Lipinski definition) is 3. The molecule has 4 heteroatoms. The highest BCUT2D eigenvalue weighted by atomic mass is 16.4. The Kier molecular flexibility index (Phi) is 3.67. The van der Waals surface area contributed by atoms with Gasteiger partial charge in [0.05, 0.1) is 17.6 Å². The minimum absolute atomic E-state index is 0.345. The fraction of sp³-hybridized carbons (Fsp3) is 0.875. The lowest BCUT2D eigenvalue weighted by Crippen LogP contribution is -2.44. The second-order valence-electron chi connectivity index (χ2n) is 3.45. The normalized spacial score (nSPS) is 17.1. The van der Waals surface area contributed by atoms with E-state index in [4.69, 9.17) is 5.11 Å². The zero-order valence-corrected chi connectivity index (χ0v) is 7.61. The lowest BCUT2D eigenvalue weighted by Gasteiger charge is -2.29. The van der Waals surface area contributed by atoms with Crippen LogP contribution in [0.5, 0.6) is 0 Å².